The molecule has 1 aromatic carbocycles. The molecule has 0 spiro atoms. The fraction of sp³-hybridized carbons (Fsp3) is 0.368. The Morgan fingerprint density at radius 1 is 1.12 bits per heavy atom. The number of fused-ring (bicyclic) bond motifs is 1. The zero-order valence-corrected chi connectivity index (χ0v) is 15.3. The molecule has 0 unspecified atom stereocenters. The van der Waals surface area contributed by atoms with Crippen LogP contribution in [0.4, 0.5) is 0 Å². The maximum absolute atomic E-state index is 12.3. The molecule has 2 aromatic rings. The minimum atomic E-state index is -0.0194. The van der Waals surface area contributed by atoms with Crippen LogP contribution in [-0.2, 0) is 24.2 Å². The number of hydrogen-bond acceptors (Lipinski definition) is 3. The maximum Gasteiger partial charge on any atom is 0.223 e. The molecule has 5 heteroatoms. The number of halogens is 1. The molecule has 0 atom stereocenters. The first kappa shape index (κ1) is 17.2. The highest BCUT2D eigenvalue weighted by molar-refractivity contribution is 7.16. The second kappa shape index (κ2) is 7.49. The van der Waals surface area contributed by atoms with Crippen molar-refractivity contribution in [1.29, 1.82) is 0 Å². The smallest absolute Gasteiger partial charge is 0.223 e. The summed E-state index contributed by atoms with van der Waals surface area (Å²) in [5.41, 5.74) is 3.38. The van der Waals surface area contributed by atoms with Crippen molar-refractivity contribution in [2.24, 2.45) is 0 Å². The highest BCUT2D eigenvalue weighted by Gasteiger charge is 2.16. The van der Waals surface area contributed by atoms with Gasteiger partial charge in [0, 0.05) is 30.3 Å². The predicted molar refractivity (Wildman–Crippen MR) is 97.8 cm³/mol. The number of ketones is 1. The van der Waals surface area contributed by atoms with Crippen molar-refractivity contribution < 1.29 is 9.59 Å². The van der Waals surface area contributed by atoms with Crippen LogP contribution in [-0.4, -0.2) is 23.6 Å². The van der Waals surface area contributed by atoms with Gasteiger partial charge in [-0.3, -0.25) is 9.59 Å². The predicted octanol–water partition coefficient (Wildman–Crippen LogP) is 4.51. The molecule has 0 aliphatic heterocycles. The number of carbonyl (C=O) groups excluding carboxylic acids is 2. The number of amides is 1. The first-order chi connectivity index (χ1) is 11.5. The Kier molecular flexibility index (Phi) is 5.36. The van der Waals surface area contributed by atoms with E-state index in [4.69, 9.17) is 11.6 Å². The average molecular weight is 362 g/mol. The molecule has 0 bridgehead atoms. The molecule has 1 amide bonds. The SMILES string of the molecule is CN(Cc1ccc(Cl)s1)C(=O)CCC(=O)c1ccc2c(c1)CCC2. The van der Waals surface area contributed by atoms with Crippen molar-refractivity contribution in [2.75, 3.05) is 7.05 Å². The molecule has 0 N–H and O–H groups in total. The van der Waals surface area contributed by atoms with E-state index in [1.165, 1.54) is 28.9 Å². The number of nitrogens with zero attached hydrogens (tertiary/aromatic N) is 1. The third-order valence-electron chi connectivity index (χ3n) is 4.43. The Bertz CT molecular complexity index is 768. The molecule has 1 aromatic heterocycles. The van der Waals surface area contributed by atoms with Gasteiger partial charge in [0.15, 0.2) is 5.78 Å². The summed E-state index contributed by atoms with van der Waals surface area (Å²) in [5, 5.41) is 0. The van der Waals surface area contributed by atoms with Crippen molar-refractivity contribution in [3.8, 4) is 0 Å². The first-order valence-corrected chi connectivity index (χ1v) is 9.35. The minimum absolute atomic E-state index is 0.0194. The molecule has 1 aliphatic rings. The Hall–Kier alpha value is -1.65. The lowest BCUT2D eigenvalue weighted by molar-refractivity contribution is -0.130. The van der Waals surface area contributed by atoms with Gasteiger partial charge in [-0.25, -0.2) is 0 Å². The van der Waals surface area contributed by atoms with E-state index < -0.39 is 0 Å². The number of thiophene rings is 1. The lowest BCUT2D eigenvalue weighted by Gasteiger charge is -2.16. The Balaban J connectivity index is 1.52. The van der Waals surface area contributed by atoms with Crippen molar-refractivity contribution >= 4 is 34.6 Å². The zero-order chi connectivity index (χ0) is 17.1. The molecule has 3 rings (SSSR count). The molecule has 0 saturated carbocycles. The van der Waals surface area contributed by atoms with E-state index in [-0.39, 0.29) is 24.5 Å². The van der Waals surface area contributed by atoms with E-state index in [1.54, 1.807) is 11.9 Å². The second-order valence-corrected chi connectivity index (χ2v) is 8.02. The molecule has 1 aliphatic carbocycles. The summed E-state index contributed by atoms with van der Waals surface area (Å²) in [4.78, 5) is 27.3. The van der Waals surface area contributed by atoms with Gasteiger partial charge in [-0.15, -0.1) is 11.3 Å². The number of carbonyl (C=O) groups is 2. The quantitative estimate of drug-likeness (QED) is 0.710. The van der Waals surface area contributed by atoms with Gasteiger partial charge < -0.3 is 4.90 Å². The lowest BCUT2D eigenvalue weighted by atomic mass is 10.0. The molecule has 1 heterocycles. The van der Waals surface area contributed by atoms with Crippen LogP contribution >= 0.6 is 22.9 Å². The third kappa shape index (κ3) is 4.05. The van der Waals surface area contributed by atoms with E-state index in [0.29, 0.717) is 6.54 Å². The van der Waals surface area contributed by atoms with Gasteiger partial charge in [-0.1, -0.05) is 23.7 Å². The van der Waals surface area contributed by atoms with Crippen LogP contribution in [0.25, 0.3) is 0 Å². The van der Waals surface area contributed by atoms with Crippen LogP contribution in [0, 0.1) is 0 Å². The largest absolute Gasteiger partial charge is 0.341 e. The topological polar surface area (TPSA) is 37.4 Å². The molecular formula is C19H20ClNO2S. The number of hydrogen-bond donors (Lipinski definition) is 0. The summed E-state index contributed by atoms with van der Waals surface area (Å²) in [6.07, 6.45) is 3.84. The second-order valence-electron chi connectivity index (χ2n) is 6.22. The van der Waals surface area contributed by atoms with Crippen LogP contribution in [0.15, 0.2) is 30.3 Å². The van der Waals surface area contributed by atoms with Crippen molar-refractivity contribution in [3.05, 3.63) is 56.2 Å². The summed E-state index contributed by atoms with van der Waals surface area (Å²) in [7, 11) is 1.76. The van der Waals surface area contributed by atoms with Gasteiger partial charge in [0.1, 0.15) is 0 Å². The highest BCUT2D eigenvalue weighted by Crippen LogP contribution is 2.24. The first-order valence-electron chi connectivity index (χ1n) is 8.16. The Morgan fingerprint density at radius 2 is 1.92 bits per heavy atom. The summed E-state index contributed by atoms with van der Waals surface area (Å²) >= 11 is 7.38. The summed E-state index contributed by atoms with van der Waals surface area (Å²) in [5.74, 6) is 0.0275. The molecule has 0 radical (unpaired) electrons. The number of aryl methyl sites for hydroxylation is 2. The van der Waals surface area contributed by atoms with E-state index in [9.17, 15) is 9.59 Å². The van der Waals surface area contributed by atoms with Crippen LogP contribution in [0.5, 0.6) is 0 Å². The molecule has 3 nitrogen and oxygen atoms in total. The van der Waals surface area contributed by atoms with E-state index in [1.807, 2.05) is 24.3 Å². The molecular weight excluding hydrogens is 342 g/mol. The van der Waals surface area contributed by atoms with Gasteiger partial charge in [0.2, 0.25) is 5.91 Å². The fourth-order valence-electron chi connectivity index (χ4n) is 3.06. The monoisotopic (exact) mass is 361 g/mol. The molecule has 24 heavy (non-hydrogen) atoms. The summed E-state index contributed by atoms with van der Waals surface area (Å²) in [6, 6.07) is 9.72. The van der Waals surface area contributed by atoms with Gasteiger partial charge in [0.05, 0.1) is 10.9 Å². The molecule has 0 saturated heterocycles. The maximum atomic E-state index is 12.3. The number of Topliss-reactive ketones (excluding diaryl/α,β-unsaturated/α-hetero) is 1. The van der Waals surface area contributed by atoms with Gasteiger partial charge in [-0.2, -0.15) is 0 Å². The van der Waals surface area contributed by atoms with E-state index in [0.717, 1.165) is 27.6 Å². The summed E-state index contributed by atoms with van der Waals surface area (Å²) < 4.78 is 0.720. The van der Waals surface area contributed by atoms with Crippen LogP contribution in [0.3, 0.4) is 0 Å². The van der Waals surface area contributed by atoms with Crippen molar-refractivity contribution in [3.63, 3.8) is 0 Å². The third-order valence-corrected chi connectivity index (χ3v) is 5.65. The summed E-state index contributed by atoms with van der Waals surface area (Å²) in [6.45, 7) is 0.531. The molecule has 126 valence electrons. The molecule has 0 fully saturated rings. The van der Waals surface area contributed by atoms with Crippen LogP contribution in [0.1, 0.15) is 45.6 Å². The number of rotatable bonds is 6. The lowest BCUT2D eigenvalue weighted by Crippen LogP contribution is -2.26. The Labute approximate surface area is 151 Å². The van der Waals surface area contributed by atoms with Crippen molar-refractivity contribution in [2.45, 2.75) is 38.6 Å². The van der Waals surface area contributed by atoms with Crippen LogP contribution < -0.4 is 0 Å². The van der Waals surface area contributed by atoms with Gasteiger partial charge in [-0.05, 0) is 48.6 Å². The van der Waals surface area contributed by atoms with Crippen LogP contribution in [0.2, 0.25) is 4.34 Å². The van der Waals surface area contributed by atoms with Crippen molar-refractivity contribution in [1.82, 2.24) is 4.90 Å². The standard InChI is InChI=1S/C19H20ClNO2S/c1-21(12-16-7-9-18(20)24-16)19(23)10-8-17(22)15-6-5-13-3-2-4-14(13)11-15/h5-7,9,11H,2-4,8,10,12H2,1H3. The highest BCUT2D eigenvalue weighted by atomic mass is 35.5. The zero-order valence-electron chi connectivity index (χ0n) is 13.7. The van der Waals surface area contributed by atoms with Gasteiger partial charge in [0.25, 0.3) is 0 Å². The number of benzene rings is 1. The minimum Gasteiger partial charge on any atom is -0.341 e. The van der Waals surface area contributed by atoms with Gasteiger partial charge >= 0.3 is 0 Å². The fourth-order valence-corrected chi connectivity index (χ4v) is 4.20. The normalized spacial score (nSPS) is 12.9. The van der Waals surface area contributed by atoms with E-state index in [2.05, 4.69) is 6.07 Å². The Morgan fingerprint density at radius 3 is 2.67 bits per heavy atom. The average Bonchev–Trinajstić information content (AvgIpc) is 3.20. The van der Waals surface area contributed by atoms with E-state index >= 15 is 0 Å².